The number of furan rings is 1. The van der Waals surface area contributed by atoms with E-state index < -0.39 is 18.5 Å². The molecule has 2 heterocycles. The normalized spacial score (nSPS) is 13.0. The number of halogens is 1. The van der Waals surface area contributed by atoms with Crippen molar-refractivity contribution in [2.24, 2.45) is 0 Å². The van der Waals surface area contributed by atoms with Crippen LogP contribution in [0.25, 0.3) is 11.0 Å². The molecule has 7 nitrogen and oxygen atoms in total. The van der Waals surface area contributed by atoms with E-state index in [1.807, 2.05) is 0 Å². The lowest BCUT2D eigenvalue weighted by atomic mass is 10.2. The number of nitrogens with one attached hydrogen (secondary N) is 1. The van der Waals surface area contributed by atoms with E-state index in [0.29, 0.717) is 46.4 Å². The standard InChI is InChI=1S/C20H16ClNO6/c21-13-2-4-15-12(8-13)9-18(28-15)20(24)27-11-19(23)22-14-3-5-16-17(10-14)26-7-1-6-25-16/h2-5,8-10H,1,6-7,11H2,(H,22,23). The van der Waals surface area contributed by atoms with Crippen molar-refractivity contribution in [3.8, 4) is 11.5 Å². The number of hydrogen-bond donors (Lipinski definition) is 1. The average molecular weight is 402 g/mol. The second-order valence-corrected chi connectivity index (χ2v) is 6.57. The van der Waals surface area contributed by atoms with E-state index in [-0.39, 0.29) is 5.76 Å². The van der Waals surface area contributed by atoms with Gasteiger partial charge < -0.3 is 23.9 Å². The minimum Gasteiger partial charge on any atom is -0.490 e. The first kappa shape index (κ1) is 18.2. The van der Waals surface area contributed by atoms with Gasteiger partial charge in [0.2, 0.25) is 5.76 Å². The number of ether oxygens (including phenoxy) is 3. The van der Waals surface area contributed by atoms with Crippen LogP contribution in [-0.2, 0) is 9.53 Å². The highest BCUT2D eigenvalue weighted by molar-refractivity contribution is 6.31. The first-order valence-electron chi connectivity index (χ1n) is 8.64. The fourth-order valence-electron chi connectivity index (χ4n) is 2.76. The number of benzene rings is 2. The molecule has 1 aliphatic heterocycles. The SMILES string of the molecule is O=C(COC(=O)c1cc2cc(Cl)ccc2o1)Nc1ccc2c(c1)OCCCO2. The van der Waals surface area contributed by atoms with Crippen molar-refractivity contribution in [2.45, 2.75) is 6.42 Å². The van der Waals surface area contributed by atoms with Gasteiger partial charge in [-0.1, -0.05) is 11.6 Å². The van der Waals surface area contributed by atoms with Crippen LogP contribution < -0.4 is 14.8 Å². The Bertz CT molecular complexity index is 1040. The van der Waals surface area contributed by atoms with Crippen molar-refractivity contribution >= 4 is 40.1 Å². The van der Waals surface area contributed by atoms with Crippen LogP contribution in [0.5, 0.6) is 11.5 Å². The van der Waals surface area contributed by atoms with E-state index in [1.54, 1.807) is 36.4 Å². The first-order chi connectivity index (χ1) is 13.6. The van der Waals surface area contributed by atoms with Gasteiger partial charge in [-0.05, 0) is 36.4 Å². The molecular weight excluding hydrogens is 386 g/mol. The van der Waals surface area contributed by atoms with Gasteiger partial charge in [0.15, 0.2) is 18.1 Å². The molecule has 2 aromatic carbocycles. The lowest BCUT2D eigenvalue weighted by Gasteiger charge is -2.10. The van der Waals surface area contributed by atoms with Crippen molar-refractivity contribution < 1.29 is 28.2 Å². The lowest BCUT2D eigenvalue weighted by molar-refractivity contribution is -0.119. The molecule has 1 N–H and O–H groups in total. The molecule has 0 bridgehead atoms. The van der Waals surface area contributed by atoms with E-state index >= 15 is 0 Å². The number of amides is 1. The molecule has 0 fully saturated rings. The predicted molar refractivity (Wildman–Crippen MR) is 102 cm³/mol. The summed E-state index contributed by atoms with van der Waals surface area (Å²) in [6.45, 7) is 0.679. The second-order valence-electron chi connectivity index (χ2n) is 6.13. The van der Waals surface area contributed by atoms with Crippen LogP contribution in [-0.4, -0.2) is 31.7 Å². The molecule has 144 valence electrons. The van der Waals surface area contributed by atoms with Gasteiger partial charge in [-0.25, -0.2) is 4.79 Å². The third-order valence-corrected chi connectivity index (χ3v) is 4.28. The highest BCUT2D eigenvalue weighted by Gasteiger charge is 2.17. The first-order valence-corrected chi connectivity index (χ1v) is 9.02. The summed E-state index contributed by atoms with van der Waals surface area (Å²) in [5, 5.41) is 3.86. The molecule has 3 aromatic rings. The molecule has 0 saturated heterocycles. The molecule has 4 rings (SSSR count). The van der Waals surface area contributed by atoms with E-state index in [0.717, 1.165) is 6.42 Å². The molecule has 0 atom stereocenters. The quantitative estimate of drug-likeness (QED) is 0.664. The Balaban J connectivity index is 1.36. The van der Waals surface area contributed by atoms with Gasteiger partial charge in [0, 0.05) is 28.6 Å². The van der Waals surface area contributed by atoms with Crippen LogP contribution in [0.3, 0.4) is 0 Å². The summed E-state index contributed by atoms with van der Waals surface area (Å²) in [7, 11) is 0. The van der Waals surface area contributed by atoms with Crippen molar-refractivity contribution in [3.63, 3.8) is 0 Å². The molecule has 0 unspecified atom stereocenters. The minimum atomic E-state index is -0.735. The molecule has 1 amide bonds. The van der Waals surface area contributed by atoms with Gasteiger partial charge in [-0.3, -0.25) is 4.79 Å². The molecule has 0 aliphatic carbocycles. The summed E-state index contributed by atoms with van der Waals surface area (Å²) in [6, 6.07) is 11.6. The third kappa shape index (κ3) is 4.04. The second kappa shape index (κ2) is 7.82. The predicted octanol–water partition coefficient (Wildman–Crippen LogP) is 4.04. The maximum Gasteiger partial charge on any atom is 0.374 e. The van der Waals surface area contributed by atoms with Crippen molar-refractivity contribution in [1.29, 1.82) is 0 Å². The van der Waals surface area contributed by atoms with Gasteiger partial charge in [-0.15, -0.1) is 0 Å². The molecule has 8 heteroatoms. The van der Waals surface area contributed by atoms with E-state index in [4.69, 9.17) is 30.2 Å². The summed E-state index contributed by atoms with van der Waals surface area (Å²) >= 11 is 5.91. The van der Waals surface area contributed by atoms with E-state index in [9.17, 15) is 9.59 Å². The number of carbonyl (C=O) groups is 2. The molecule has 0 saturated carbocycles. The largest absolute Gasteiger partial charge is 0.490 e. The number of anilines is 1. The zero-order valence-electron chi connectivity index (χ0n) is 14.7. The van der Waals surface area contributed by atoms with E-state index in [2.05, 4.69) is 5.32 Å². The van der Waals surface area contributed by atoms with Crippen molar-refractivity contribution in [3.05, 3.63) is 53.2 Å². The smallest absolute Gasteiger partial charge is 0.374 e. The molecule has 0 spiro atoms. The Morgan fingerprint density at radius 3 is 2.71 bits per heavy atom. The number of carbonyl (C=O) groups excluding carboxylic acids is 2. The zero-order chi connectivity index (χ0) is 19.5. The summed E-state index contributed by atoms with van der Waals surface area (Å²) in [6.07, 6.45) is 0.792. The summed E-state index contributed by atoms with van der Waals surface area (Å²) in [5.41, 5.74) is 1.02. The maximum absolute atomic E-state index is 12.1. The van der Waals surface area contributed by atoms with E-state index in [1.165, 1.54) is 6.07 Å². The van der Waals surface area contributed by atoms with Crippen LogP contribution in [0.15, 0.2) is 46.9 Å². The monoisotopic (exact) mass is 401 g/mol. The van der Waals surface area contributed by atoms with Crippen LogP contribution >= 0.6 is 11.6 Å². The molecule has 1 aliphatic rings. The number of hydrogen-bond acceptors (Lipinski definition) is 6. The molecule has 0 radical (unpaired) electrons. The number of esters is 1. The summed E-state index contributed by atoms with van der Waals surface area (Å²) in [5.74, 6) is -0.0241. The third-order valence-electron chi connectivity index (χ3n) is 4.05. The molecule has 28 heavy (non-hydrogen) atoms. The topological polar surface area (TPSA) is 87.0 Å². The lowest BCUT2D eigenvalue weighted by Crippen LogP contribution is -2.20. The van der Waals surface area contributed by atoms with Gasteiger partial charge in [0.25, 0.3) is 5.91 Å². The fourth-order valence-corrected chi connectivity index (χ4v) is 2.94. The summed E-state index contributed by atoms with van der Waals surface area (Å²) < 4.78 is 21.6. The van der Waals surface area contributed by atoms with Crippen LogP contribution in [0.1, 0.15) is 17.0 Å². The highest BCUT2D eigenvalue weighted by atomic mass is 35.5. The average Bonchev–Trinajstić information content (AvgIpc) is 2.96. The highest BCUT2D eigenvalue weighted by Crippen LogP contribution is 2.32. The molecule has 1 aromatic heterocycles. The number of fused-ring (bicyclic) bond motifs is 2. The molecular formula is C20H16ClNO6. The van der Waals surface area contributed by atoms with Crippen molar-refractivity contribution in [2.75, 3.05) is 25.1 Å². The van der Waals surface area contributed by atoms with Gasteiger partial charge in [-0.2, -0.15) is 0 Å². The Morgan fingerprint density at radius 1 is 1.04 bits per heavy atom. The van der Waals surface area contributed by atoms with Crippen LogP contribution in [0.2, 0.25) is 5.02 Å². The van der Waals surface area contributed by atoms with Gasteiger partial charge in [0.1, 0.15) is 5.58 Å². The Hall–Kier alpha value is -3.19. The zero-order valence-corrected chi connectivity index (χ0v) is 15.5. The maximum atomic E-state index is 12.1. The van der Waals surface area contributed by atoms with Gasteiger partial charge >= 0.3 is 5.97 Å². The van der Waals surface area contributed by atoms with Gasteiger partial charge in [0.05, 0.1) is 13.2 Å². The Kier molecular flexibility index (Phi) is 5.08. The van der Waals surface area contributed by atoms with Crippen LogP contribution in [0, 0.1) is 0 Å². The van der Waals surface area contributed by atoms with Crippen LogP contribution in [0.4, 0.5) is 5.69 Å². The fraction of sp³-hybridized carbons (Fsp3) is 0.200. The minimum absolute atomic E-state index is 0.000598. The Morgan fingerprint density at radius 2 is 1.86 bits per heavy atom. The number of rotatable bonds is 4. The Labute approximate surface area is 165 Å². The van der Waals surface area contributed by atoms with Crippen molar-refractivity contribution in [1.82, 2.24) is 0 Å². The summed E-state index contributed by atoms with van der Waals surface area (Å²) in [4.78, 5) is 24.2.